The molecule has 4 heteroatoms. The van der Waals surface area contributed by atoms with Crippen LogP contribution in [0.4, 0.5) is 0 Å². The van der Waals surface area contributed by atoms with Crippen molar-refractivity contribution in [2.24, 2.45) is 5.92 Å². The summed E-state index contributed by atoms with van der Waals surface area (Å²) in [6.45, 7) is 1.00. The quantitative estimate of drug-likeness (QED) is 0.613. The molecule has 2 aromatic rings. The van der Waals surface area contributed by atoms with Gasteiger partial charge in [0.15, 0.2) is 0 Å². The normalized spacial score (nSPS) is 25.2. The summed E-state index contributed by atoms with van der Waals surface area (Å²) < 4.78 is 5.50. The van der Waals surface area contributed by atoms with E-state index in [1.807, 2.05) is 48.5 Å². The van der Waals surface area contributed by atoms with Gasteiger partial charge in [-0.15, -0.1) is 0 Å². The van der Waals surface area contributed by atoms with Crippen molar-refractivity contribution in [2.75, 3.05) is 0 Å². The van der Waals surface area contributed by atoms with Gasteiger partial charge in [0.2, 0.25) is 0 Å². The van der Waals surface area contributed by atoms with E-state index in [2.05, 4.69) is 17.0 Å². The van der Waals surface area contributed by atoms with Crippen LogP contribution in [0.5, 0.6) is 0 Å². The molecule has 0 amide bonds. The Bertz CT molecular complexity index is 774. The van der Waals surface area contributed by atoms with E-state index in [4.69, 9.17) is 4.74 Å². The number of ketones is 1. The number of rotatable bonds is 5. The Kier molecular flexibility index (Phi) is 4.85. The highest BCUT2D eigenvalue weighted by Gasteiger charge is 2.50. The Morgan fingerprint density at radius 3 is 2.31 bits per heavy atom. The van der Waals surface area contributed by atoms with Crippen molar-refractivity contribution in [1.82, 2.24) is 4.90 Å². The zero-order valence-electron chi connectivity index (χ0n) is 14.7. The first-order valence-electron chi connectivity index (χ1n) is 9.25. The lowest BCUT2D eigenvalue weighted by Gasteiger charge is -2.38. The van der Waals surface area contributed by atoms with E-state index >= 15 is 0 Å². The summed E-state index contributed by atoms with van der Waals surface area (Å²) in [6.07, 6.45) is 2.31. The molecular formula is C22H23NO3. The average Bonchev–Trinajstić information content (AvgIpc) is 2.94. The number of hydrogen-bond acceptors (Lipinski definition) is 4. The summed E-state index contributed by atoms with van der Waals surface area (Å²) in [5, 5.41) is 0. The highest BCUT2D eigenvalue weighted by atomic mass is 16.5. The lowest BCUT2D eigenvalue weighted by molar-refractivity contribution is -0.158. The minimum absolute atomic E-state index is 0.0373. The third-order valence-electron chi connectivity index (χ3n) is 5.54. The summed E-state index contributed by atoms with van der Waals surface area (Å²) in [5.74, 6) is -0.983. The smallest absolute Gasteiger partial charge is 0.318 e. The molecule has 4 nitrogen and oxygen atoms in total. The maximum atomic E-state index is 12.7. The number of nitrogens with zero attached hydrogens (tertiary/aromatic N) is 1. The fourth-order valence-electron chi connectivity index (χ4n) is 4.26. The Morgan fingerprint density at radius 1 is 0.962 bits per heavy atom. The Morgan fingerprint density at radius 2 is 1.62 bits per heavy atom. The average molecular weight is 349 g/mol. The number of hydrogen-bond donors (Lipinski definition) is 0. The molecule has 0 spiro atoms. The molecule has 2 aliphatic rings. The molecule has 0 aliphatic carbocycles. The molecule has 134 valence electrons. The molecule has 0 aromatic heterocycles. The van der Waals surface area contributed by atoms with E-state index in [1.165, 1.54) is 5.56 Å². The van der Waals surface area contributed by atoms with Crippen LogP contribution in [0.25, 0.3) is 0 Å². The lowest BCUT2D eigenvalue weighted by atomic mass is 9.88. The molecule has 2 aromatic carbocycles. The highest BCUT2D eigenvalue weighted by Crippen LogP contribution is 2.39. The van der Waals surface area contributed by atoms with Crippen molar-refractivity contribution in [3.05, 3.63) is 71.8 Å². The first-order chi connectivity index (χ1) is 12.7. The second kappa shape index (κ2) is 7.42. The second-order valence-electron chi connectivity index (χ2n) is 7.20. The lowest BCUT2D eigenvalue weighted by Crippen LogP contribution is -2.51. The van der Waals surface area contributed by atoms with Gasteiger partial charge in [0.25, 0.3) is 0 Å². The number of esters is 1. The van der Waals surface area contributed by atoms with Crippen molar-refractivity contribution in [3.63, 3.8) is 0 Å². The van der Waals surface area contributed by atoms with Gasteiger partial charge in [0.1, 0.15) is 18.3 Å². The molecule has 0 saturated carbocycles. The van der Waals surface area contributed by atoms with E-state index in [1.54, 1.807) is 0 Å². The van der Waals surface area contributed by atoms with E-state index < -0.39 is 5.92 Å². The van der Waals surface area contributed by atoms with Crippen LogP contribution in [0.15, 0.2) is 60.7 Å². The predicted octanol–water partition coefficient (Wildman–Crippen LogP) is 3.35. The monoisotopic (exact) mass is 349 g/mol. The highest BCUT2D eigenvalue weighted by molar-refractivity contribution is 6.01. The standard InChI is InChI=1S/C22H23NO3/c24-20-13-18-11-12-19(23(18)14-16-7-3-1-4-8-16)21(20)22(25)26-15-17-9-5-2-6-10-17/h1-10,18-19,21H,11-15H2/t18-,19+,21-/m0/s1. The van der Waals surface area contributed by atoms with Crippen molar-refractivity contribution in [3.8, 4) is 0 Å². The molecule has 0 N–H and O–H groups in total. The number of piperidine rings is 1. The maximum absolute atomic E-state index is 12.7. The minimum atomic E-state index is -0.652. The van der Waals surface area contributed by atoms with Crippen LogP contribution >= 0.6 is 0 Å². The van der Waals surface area contributed by atoms with Crippen LogP contribution in [0, 0.1) is 5.92 Å². The topological polar surface area (TPSA) is 46.6 Å². The summed E-state index contributed by atoms with van der Waals surface area (Å²) >= 11 is 0. The predicted molar refractivity (Wildman–Crippen MR) is 98.1 cm³/mol. The number of ether oxygens (including phenoxy) is 1. The van der Waals surface area contributed by atoms with Crippen molar-refractivity contribution in [2.45, 2.75) is 44.5 Å². The van der Waals surface area contributed by atoms with Gasteiger partial charge in [-0.3, -0.25) is 14.5 Å². The fourth-order valence-corrected chi connectivity index (χ4v) is 4.26. The second-order valence-corrected chi connectivity index (χ2v) is 7.20. The van der Waals surface area contributed by atoms with Crippen LogP contribution in [0.2, 0.25) is 0 Å². The zero-order valence-corrected chi connectivity index (χ0v) is 14.7. The summed E-state index contributed by atoms with van der Waals surface area (Å²) in [5.41, 5.74) is 2.16. The number of benzene rings is 2. The number of Topliss-reactive ketones (excluding diaryl/α,β-unsaturated/α-hetero) is 1. The molecule has 2 bridgehead atoms. The Balaban J connectivity index is 1.46. The molecule has 2 heterocycles. The van der Waals surface area contributed by atoms with Gasteiger partial charge in [-0.2, -0.15) is 0 Å². The van der Waals surface area contributed by atoms with Gasteiger partial charge in [0.05, 0.1) is 0 Å². The fraction of sp³-hybridized carbons (Fsp3) is 0.364. The molecule has 0 unspecified atom stereocenters. The van der Waals surface area contributed by atoms with Crippen LogP contribution in [0.3, 0.4) is 0 Å². The van der Waals surface area contributed by atoms with Crippen LogP contribution in [0.1, 0.15) is 30.4 Å². The largest absolute Gasteiger partial charge is 0.460 e. The van der Waals surface area contributed by atoms with E-state index in [0.29, 0.717) is 6.42 Å². The molecule has 4 rings (SSSR count). The number of carbonyl (C=O) groups excluding carboxylic acids is 2. The van der Waals surface area contributed by atoms with Crippen molar-refractivity contribution < 1.29 is 14.3 Å². The van der Waals surface area contributed by atoms with E-state index in [-0.39, 0.29) is 30.4 Å². The summed E-state index contributed by atoms with van der Waals surface area (Å²) in [6, 6.07) is 20.1. The van der Waals surface area contributed by atoms with Crippen LogP contribution in [-0.4, -0.2) is 28.7 Å². The SMILES string of the molecule is O=C1C[C@@H]2CC[C@H]([C@@H]1C(=O)OCc1ccccc1)N2Cc1ccccc1. The minimum Gasteiger partial charge on any atom is -0.460 e. The van der Waals surface area contributed by atoms with Crippen molar-refractivity contribution >= 4 is 11.8 Å². The van der Waals surface area contributed by atoms with Gasteiger partial charge < -0.3 is 4.74 Å². The first kappa shape index (κ1) is 17.0. The molecule has 2 fully saturated rings. The molecule has 0 radical (unpaired) electrons. The Hall–Kier alpha value is -2.46. The van der Waals surface area contributed by atoms with Gasteiger partial charge in [0, 0.05) is 25.0 Å². The molecule has 2 saturated heterocycles. The van der Waals surface area contributed by atoms with Crippen molar-refractivity contribution in [1.29, 1.82) is 0 Å². The summed E-state index contributed by atoms with van der Waals surface area (Å²) in [4.78, 5) is 27.6. The molecule has 3 atom stereocenters. The van der Waals surface area contributed by atoms with E-state index in [9.17, 15) is 9.59 Å². The van der Waals surface area contributed by atoms with Gasteiger partial charge >= 0.3 is 5.97 Å². The molecule has 2 aliphatic heterocycles. The number of fused-ring (bicyclic) bond motifs is 2. The van der Waals surface area contributed by atoms with Gasteiger partial charge in [-0.05, 0) is 24.0 Å². The Labute approximate surface area is 153 Å². The van der Waals surface area contributed by atoms with Gasteiger partial charge in [-0.1, -0.05) is 60.7 Å². The van der Waals surface area contributed by atoms with Crippen LogP contribution < -0.4 is 0 Å². The molecule has 26 heavy (non-hydrogen) atoms. The van der Waals surface area contributed by atoms with Gasteiger partial charge in [-0.25, -0.2) is 0 Å². The maximum Gasteiger partial charge on any atom is 0.318 e. The van der Waals surface area contributed by atoms with Crippen LogP contribution in [-0.2, 0) is 27.5 Å². The van der Waals surface area contributed by atoms with E-state index in [0.717, 1.165) is 24.9 Å². The first-order valence-corrected chi connectivity index (χ1v) is 9.25. The number of carbonyl (C=O) groups is 2. The zero-order chi connectivity index (χ0) is 17.9. The third kappa shape index (κ3) is 3.42. The molecular weight excluding hydrogens is 326 g/mol. The summed E-state index contributed by atoms with van der Waals surface area (Å²) in [7, 11) is 0. The third-order valence-corrected chi connectivity index (χ3v) is 5.54.